The van der Waals surface area contributed by atoms with Gasteiger partial charge in [0.05, 0.1) is 40.5 Å². The Morgan fingerprint density at radius 3 is 2.50 bits per heavy atom. The van der Waals surface area contributed by atoms with Crippen molar-refractivity contribution < 1.29 is 27.5 Å². The second-order valence-corrected chi connectivity index (χ2v) is 11.5. The van der Waals surface area contributed by atoms with Crippen LogP contribution in [0.5, 0.6) is 5.75 Å². The van der Waals surface area contributed by atoms with Gasteiger partial charge in [-0.1, -0.05) is 41.7 Å². The number of nitrogens with zero attached hydrogens (tertiary/aromatic N) is 3. The number of halogens is 2. The fourth-order valence-electron chi connectivity index (χ4n) is 6.18. The Balaban J connectivity index is 1.44. The molecular weight excluding hydrogens is 588 g/mol. The Kier molecular flexibility index (Phi) is 5.54. The van der Waals surface area contributed by atoms with E-state index in [1.165, 1.54) is 35.1 Å². The molecule has 0 bridgehead atoms. The van der Waals surface area contributed by atoms with Gasteiger partial charge in [-0.05, 0) is 60.2 Å². The Morgan fingerprint density at radius 1 is 0.932 bits per heavy atom. The maximum atomic E-state index is 15.0. The van der Waals surface area contributed by atoms with Gasteiger partial charge in [0.1, 0.15) is 23.0 Å². The van der Waals surface area contributed by atoms with Gasteiger partial charge in [0.15, 0.2) is 16.1 Å². The highest BCUT2D eigenvalue weighted by molar-refractivity contribution is 7.22. The highest BCUT2D eigenvalue weighted by Crippen LogP contribution is 2.55. The van der Waals surface area contributed by atoms with Crippen LogP contribution in [0.4, 0.5) is 19.6 Å². The summed E-state index contributed by atoms with van der Waals surface area (Å²) in [6.07, 6.45) is 0. The first-order chi connectivity index (χ1) is 21.3. The number of carbonyl (C=O) groups is 2. The zero-order chi connectivity index (χ0) is 30.3. The van der Waals surface area contributed by atoms with Gasteiger partial charge >= 0.3 is 0 Å². The van der Waals surface area contributed by atoms with E-state index in [-0.39, 0.29) is 34.0 Å². The van der Waals surface area contributed by atoms with Crippen molar-refractivity contribution in [1.82, 2.24) is 4.98 Å². The zero-order valence-corrected chi connectivity index (χ0v) is 23.7. The van der Waals surface area contributed by atoms with Crippen molar-refractivity contribution in [3.05, 3.63) is 129 Å². The van der Waals surface area contributed by atoms with E-state index in [9.17, 15) is 23.2 Å². The van der Waals surface area contributed by atoms with Gasteiger partial charge in [-0.2, -0.15) is 0 Å². The number of hydrogen-bond donors (Lipinski definition) is 0. The van der Waals surface area contributed by atoms with E-state index in [4.69, 9.17) is 14.1 Å². The zero-order valence-electron chi connectivity index (χ0n) is 22.8. The molecule has 0 aliphatic carbocycles. The quantitative estimate of drug-likeness (QED) is 0.239. The molecule has 2 aromatic heterocycles. The van der Waals surface area contributed by atoms with Crippen LogP contribution in [-0.2, 0) is 16.9 Å². The van der Waals surface area contributed by atoms with E-state index in [1.807, 2.05) is 0 Å². The Hall–Kier alpha value is -5.42. The van der Waals surface area contributed by atoms with Crippen LogP contribution in [0.2, 0.25) is 0 Å². The fraction of sp³-hybridized carbons (Fsp3) is 0.0909. The Labute approximate surface area is 251 Å². The second-order valence-electron chi connectivity index (χ2n) is 10.5. The highest BCUT2D eigenvalue weighted by Gasteiger charge is 2.66. The lowest BCUT2D eigenvalue weighted by Gasteiger charge is -2.32. The van der Waals surface area contributed by atoms with Crippen molar-refractivity contribution in [3.8, 4) is 5.75 Å². The monoisotopic (exact) mass is 607 g/mol. The summed E-state index contributed by atoms with van der Waals surface area (Å²) in [6.45, 7) is 0.0276. The van der Waals surface area contributed by atoms with Gasteiger partial charge in [0.25, 0.3) is 11.8 Å². The minimum absolute atomic E-state index is 0.0106. The number of hydrogen-bond acceptors (Lipinski definition) is 7. The summed E-state index contributed by atoms with van der Waals surface area (Å²) >= 11 is 1.15. The first-order valence-electron chi connectivity index (χ1n) is 13.5. The Bertz CT molecular complexity index is 2260. The minimum atomic E-state index is -2.01. The number of aromatic nitrogens is 1. The first kappa shape index (κ1) is 26.2. The predicted octanol–water partition coefficient (Wildman–Crippen LogP) is 6.14. The molecule has 44 heavy (non-hydrogen) atoms. The van der Waals surface area contributed by atoms with Crippen molar-refractivity contribution in [1.29, 1.82) is 0 Å². The topological polar surface area (TPSA) is 93.0 Å². The molecule has 4 heterocycles. The average molecular weight is 608 g/mol. The smallest absolute Gasteiger partial charge is 0.297 e. The number of ether oxygens (including phenoxy) is 1. The lowest BCUT2D eigenvalue weighted by atomic mass is 9.84. The molecule has 0 radical (unpaired) electrons. The molecule has 2 aliphatic rings. The van der Waals surface area contributed by atoms with Gasteiger partial charge in [-0.15, -0.1) is 0 Å². The number of rotatable bonds is 4. The van der Waals surface area contributed by atoms with Crippen LogP contribution in [0.25, 0.3) is 21.2 Å². The number of anilines is 2. The molecule has 11 heteroatoms. The lowest BCUT2D eigenvalue weighted by Crippen LogP contribution is -2.53. The third-order valence-electron chi connectivity index (χ3n) is 8.12. The minimum Gasteiger partial charge on any atom is -0.497 e. The highest BCUT2D eigenvalue weighted by atomic mass is 32.1. The van der Waals surface area contributed by atoms with Gasteiger partial charge in [-0.25, -0.2) is 13.8 Å². The third kappa shape index (κ3) is 3.47. The van der Waals surface area contributed by atoms with Gasteiger partial charge in [0.2, 0.25) is 5.76 Å². The normalized spacial score (nSPS) is 17.2. The van der Waals surface area contributed by atoms with E-state index in [0.717, 1.165) is 23.5 Å². The summed E-state index contributed by atoms with van der Waals surface area (Å²) in [5.74, 6) is -2.18. The van der Waals surface area contributed by atoms with E-state index >= 15 is 0 Å². The molecule has 1 unspecified atom stereocenters. The summed E-state index contributed by atoms with van der Waals surface area (Å²) in [5, 5.41) is 0.0557. The molecule has 0 saturated carbocycles. The van der Waals surface area contributed by atoms with E-state index < -0.39 is 34.4 Å². The molecule has 8 rings (SSSR count). The molecule has 4 aromatic carbocycles. The van der Waals surface area contributed by atoms with Gasteiger partial charge in [0, 0.05) is 5.56 Å². The molecule has 1 spiro atoms. The SMILES string of the molecule is COc1ccc2nc(N3C(=O)c4oc5ccc(F)cc5c(=O)c4C34C(=O)N(Cc3ccc(F)cc3)c3ccccc34)sc2c1. The van der Waals surface area contributed by atoms with Crippen LogP contribution in [0.1, 0.15) is 27.2 Å². The lowest BCUT2D eigenvalue weighted by molar-refractivity contribution is -0.121. The van der Waals surface area contributed by atoms with Crippen molar-refractivity contribution in [2.24, 2.45) is 0 Å². The molecule has 216 valence electrons. The summed E-state index contributed by atoms with van der Waals surface area (Å²) < 4.78 is 40.2. The summed E-state index contributed by atoms with van der Waals surface area (Å²) in [5.41, 5.74) is -0.921. The van der Waals surface area contributed by atoms with Crippen molar-refractivity contribution in [2.75, 3.05) is 16.9 Å². The maximum Gasteiger partial charge on any atom is 0.297 e. The molecule has 8 nitrogen and oxygen atoms in total. The summed E-state index contributed by atoms with van der Waals surface area (Å²) in [4.78, 5) is 51.1. The van der Waals surface area contributed by atoms with Gasteiger partial charge < -0.3 is 14.1 Å². The van der Waals surface area contributed by atoms with Crippen molar-refractivity contribution in [3.63, 3.8) is 0 Å². The van der Waals surface area contributed by atoms with Crippen LogP contribution in [0.15, 0.2) is 94.1 Å². The third-order valence-corrected chi connectivity index (χ3v) is 9.12. The molecule has 1 atom stereocenters. The van der Waals surface area contributed by atoms with Crippen LogP contribution >= 0.6 is 11.3 Å². The van der Waals surface area contributed by atoms with E-state index in [2.05, 4.69) is 0 Å². The van der Waals surface area contributed by atoms with E-state index in [1.54, 1.807) is 54.6 Å². The number of benzene rings is 4. The Morgan fingerprint density at radius 2 is 1.70 bits per heavy atom. The van der Waals surface area contributed by atoms with Crippen LogP contribution in [0.3, 0.4) is 0 Å². The molecule has 0 fully saturated rings. The molecule has 2 amide bonds. The standard InChI is InChI=1S/C33H19F2N3O5S/c1-42-20-11-12-23-26(15-20)44-32(36-23)38-30(40)29-27(28(39)21-14-19(35)10-13-25(21)43-29)33(38)22-4-2-3-5-24(22)37(31(33)41)16-17-6-8-18(34)9-7-17/h2-15H,16H2,1H3. The van der Waals surface area contributed by atoms with Crippen LogP contribution in [-0.4, -0.2) is 23.9 Å². The largest absolute Gasteiger partial charge is 0.497 e. The number of fused-ring (bicyclic) bond motifs is 6. The second kappa shape index (κ2) is 9.29. The molecule has 0 saturated heterocycles. The predicted molar refractivity (Wildman–Crippen MR) is 160 cm³/mol. The van der Waals surface area contributed by atoms with Crippen molar-refractivity contribution in [2.45, 2.75) is 12.1 Å². The maximum absolute atomic E-state index is 15.0. The average Bonchev–Trinajstić information content (AvgIpc) is 3.64. The van der Waals surface area contributed by atoms with Gasteiger partial charge in [-0.3, -0.25) is 19.3 Å². The number of methoxy groups -OCH3 is 1. The molecule has 6 aromatic rings. The molecule has 2 aliphatic heterocycles. The summed E-state index contributed by atoms with van der Waals surface area (Å²) in [6, 6.07) is 21.2. The molecule has 0 N–H and O–H groups in total. The fourth-order valence-corrected chi connectivity index (χ4v) is 7.23. The number of carbonyl (C=O) groups excluding carboxylic acids is 2. The first-order valence-corrected chi connectivity index (χ1v) is 14.3. The summed E-state index contributed by atoms with van der Waals surface area (Å²) in [7, 11) is 1.54. The van der Waals surface area contributed by atoms with Crippen LogP contribution < -0.4 is 20.0 Å². The van der Waals surface area contributed by atoms with E-state index in [0.29, 0.717) is 32.8 Å². The number of para-hydroxylation sites is 1. The number of thiazole rings is 1. The molecular formula is C33H19F2N3O5S. The number of amides is 2. The van der Waals surface area contributed by atoms with Crippen LogP contribution in [0, 0.1) is 11.6 Å². The van der Waals surface area contributed by atoms with Crippen molar-refractivity contribution >= 4 is 55.2 Å².